The lowest BCUT2D eigenvalue weighted by molar-refractivity contribution is -0.114. The Morgan fingerprint density at radius 2 is 1.68 bits per heavy atom. The van der Waals surface area contributed by atoms with Gasteiger partial charge in [-0.1, -0.05) is 45.2 Å². The summed E-state index contributed by atoms with van der Waals surface area (Å²) in [6.07, 6.45) is 0. The third-order valence-electron chi connectivity index (χ3n) is 4.40. The van der Waals surface area contributed by atoms with E-state index in [0.717, 1.165) is 27.0 Å². The zero-order valence-electron chi connectivity index (χ0n) is 17.0. The molecule has 0 heterocycles. The molecule has 0 saturated heterocycles. The molecule has 5 nitrogen and oxygen atoms in total. The van der Waals surface area contributed by atoms with Crippen LogP contribution in [0.4, 0.5) is 11.4 Å². The number of methoxy groups -OCH3 is 1. The SMILES string of the molecule is COc1cc(CNc2ccc(NC(C)=O)cc2)c(Br)cc1OCc1ccc(Cl)c(Cl)c1. The molecule has 0 radical (unpaired) electrons. The van der Waals surface area contributed by atoms with E-state index in [4.69, 9.17) is 32.7 Å². The average molecular weight is 524 g/mol. The molecule has 2 N–H and O–H groups in total. The minimum absolute atomic E-state index is 0.0989. The number of carbonyl (C=O) groups is 1. The van der Waals surface area contributed by atoms with Gasteiger partial charge in [0.1, 0.15) is 6.61 Å². The van der Waals surface area contributed by atoms with E-state index in [9.17, 15) is 4.79 Å². The maximum atomic E-state index is 11.1. The summed E-state index contributed by atoms with van der Waals surface area (Å²) in [7, 11) is 1.60. The molecule has 31 heavy (non-hydrogen) atoms. The van der Waals surface area contributed by atoms with Crippen LogP contribution in [0.25, 0.3) is 0 Å². The highest BCUT2D eigenvalue weighted by atomic mass is 79.9. The first-order chi connectivity index (χ1) is 14.9. The highest BCUT2D eigenvalue weighted by Gasteiger charge is 2.11. The Morgan fingerprint density at radius 3 is 2.32 bits per heavy atom. The molecule has 0 unspecified atom stereocenters. The largest absolute Gasteiger partial charge is 0.493 e. The third-order valence-corrected chi connectivity index (χ3v) is 5.88. The van der Waals surface area contributed by atoms with Crippen molar-refractivity contribution in [3.63, 3.8) is 0 Å². The van der Waals surface area contributed by atoms with Crippen LogP contribution in [0.2, 0.25) is 10.0 Å². The van der Waals surface area contributed by atoms with Crippen LogP contribution in [-0.2, 0) is 17.9 Å². The summed E-state index contributed by atoms with van der Waals surface area (Å²) >= 11 is 15.6. The monoisotopic (exact) mass is 522 g/mol. The van der Waals surface area contributed by atoms with E-state index in [-0.39, 0.29) is 5.91 Å². The van der Waals surface area contributed by atoms with Crippen molar-refractivity contribution in [1.82, 2.24) is 0 Å². The maximum absolute atomic E-state index is 11.1. The molecule has 0 bridgehead atoms. The van der Waals surface area contributed by atoms with Crippen LogP contribution in [0, 0.1) is 0 Å². The number of benzene rings is 3. The topological polar surface area (TPSA) is 59.6 Å². The highest BCUT2D eigenvalue weighted by molar-refractivity contribution is 9.10. The maximum Gasteiger partial charge on any atom is 0.221 e. The number of hydrogen-bond acceptors (Lipinski definition) is 4. The lowest BCUT2D eigenvalue weighted by atomic mass is 10.2. The molecule has 3 aromatic rings. The van der Waals surface area contributed by atoms with Crippen molar-refractivity contribution in [3.8, 4) is 11.5 Å². The Balaban J connectivity index is 1.67. The Bertz CT molecular complexity index is 1080. The van der Waals surface area contributed by atoms with E-state index in [2.05, 4.69) is 26.6 Å². The van der Waals surface area contributed by atoms with Crippen LogP contribution >= 0.6 is 39.1 Å². The van der Waals surface area contributed by atoms with Crippen LogP contribution < -0.4 is 20.1 Å². The number of rotatable bonds is 8. The van der Waals surface area contributed by atoms with Crippen molar-refractivity contribution in [3.05, 3.63) is 80.2 Å². The number of ether oxygens (including phenoxy) is 2. The standard InChI is InChI=1S/C23H21BrCl2N2O3/c1-14(29)28-18-6-4-17(5-7-18)27-12-16-10-22(30-2)23(11-19(16)24)31-13-15-3-8-20(25)21(26)9-15/h3-11,27H,12-13H2,1-2H3,(H,28,29). The summed E-state index contributed by atoms with van der Waals surface area (Å²) < 4.78 is 12.3. The number of carbonyl (C=O) groups excluding carboxylic acids is 1. The van der Waals surface area contributed by atoms with Gasteiger partial charge in [0.25, 0.3) is 0 Å². The van der Waals surface area contributed by atoms with Gasteiger partial charge in [-0.2, -0.15) is 0 Å². The molecule has 0 aliphatic carbocycles. The number of hydrogen-bond donors (Lipinski definition) is 2. The summed E-state index contributed by atoms with van der Waals surface area (Å²) in [6, 6.07) is 16.7. The van der Waals surface area contributed by atoms with Crippen molar-refractivity contribution in [2.45, 2.75) is 20.1 Å². The van der Waals surface area contributed by atoms with Crippen molar-refractivity contribution in [2.75, 3.05) is 17.7 Å². The average Bonchev–Trinajstić information content (AvgIpc) is 2.74. The van der Waals surface area contributed by atoms with Gasteiger partial charge in [-0.05, 0) is 59.7 Å². The van der Waals surface area contributed by atoms with Gasteiger partial charge in [-0.3, -0.25) is 4.79 Å². The number of halogens is 3. The van der Waals surface area contributed by atoms with Crippen molar-refractivity contribution in [1.29, 1.82) is 0 Å². The van der Waals surface area contributed by atoms with Gasteiger partial charge in [-0.15, -0.1) is 0 Å². The van der Waals surface area contributed by atoms with Crippen LogP contribution in [0.5, 0.6) is 11.5 Å². The zero-order chi connectivity index (χ0) is 22.4. The van der Waals surface area contributed by atoms with E-state index in [0.29, 0.717) is 34.7 Å². The molecular weight excluding hydrogens is 503 g/mol. The van der Waals surface area contributed by atoms with E-state index < -0.39 is 0 Å². The predicted octanol–water partition coefficient (Wildman–Crippen LogP) is 6.91. The van der Waals surface area contributed by atoms with Crippen LogP contribution in [-0.4, -0.2) is 13.0 Å². The quantitative estimate of drug-likeness (QED) is 0.336. The fraction of sp³-hybridized carbons (Fsp3) is 0.174. The molecular formula is C23H21BrCl2N2O3. The highest BCUT2D eigenvalue weighted by Crippen LogP contribution is 2.35. The molecule has 3 aromatic carbocycles. The van der Waals surface area contributed by atoms with E-state index >= 15 is 0 Å². The minimum atomic E-state index is -0.0989. The van der Waals surface area contributed by atoms with Gasteiger partial charge >= 0.3 is 0 Å². The Kier molecular flexibility index (Phi) is 8.07. The van der Waals surface area contributed by atoms with E-state index in [1.165, 1.54) is 6.92 Å². The molecule has 1 amide bonds. The Labute approximate surface area is 199 Å². The van der Waals surface area contributed by atoms with Crippen LogP contribution in [0.1, 0.15) is 18.1 Å². The smallest absolute Gasteiger partial charge is 0.221 e. The fourth-order valence-electron chi connectivity index (χ4n) is 2.85. The molecule has 0 spiro atoms. The molecule has 0 aromatic heterocycles. The lowest BCUT2D eigenvalue weighted by Gasteiger charge is -2.15. The summed E-state index contributed by atoms with van der Waals surface area (Å²) in [5.74, 6) is 1.14. The molecule has 0 aliphatic rings. The molecule has 0 fully saturated rings. The Hall–Kier alpha value is -2.41. The van der Waals surface area contributed by atoms with E-state index in [1.807, 2.05) is 42.5 Å². The fourth-order valence-corrected chi connectivity index (χ4v) is 3.63. The zero-order valence-corrected chi connectivity index (χ0v) is 20.1. The van der Waals surface area contributed by atoms with Gasteiger partial charge in [0.05, 0.1) is 17.2 Å². The molecule has 0 saturated carbocycles. The van der Waals surface area contributed by atoms with E-state index in [1.54, 1.807) is 19.2 Å². The first kappa shape index (κ1) is 23.3. The first-order valence-corrected chi connectivity index (χ1v) is 10.9. The van der Waals surface area contributed by atoms with Crippen LogP contribution in [0.3, 0.4) is 0 Å². The first-order valence-electron chi connectivity index (χ1n) is 9.40. The second kappa shape index (κ2) is 10.8. The second-order valence-corrected chi connectivity index (χ2v) is 8.41. The summed E-state index contributed by atoms with van der Waals surface area (Å²) in [6.45, 7) is 2.39. The summed E-state index contributed by atoms with van der Waals surface area (Å²) in [5, 5.41) is 7.10. The molecule has 162 valence electrons. The normalized spacial score (nSPS) is 10.5. The van der Waals surface area contributed by atoms with Gasteiger partial charge in [0, 0.05) is 29.3 Å². The van der Waals surface area contributed by atoms with Gasteiger partial charge in [0.2, 0.25) is 5.91 Å². The van der Waals surface area contributed by atoms with Crippen molar-refractivity contribution < 1.29 is 14.3 Å². The molecule has 8 heteroatoms. The molecule has 0 atom stereocenters. The number of nitrogens with one attached hydrogen (secondary N) is 2. The molecule has 3 rings (SSSR count). The van der Waals surface area contributed by atoms with Crippen molar-refractivity contribution in [2.24, 2.45) is 0 Å². The van der Waals surface area contributed by atoms with Gasteiger partial charge in [0.15, 0.2) is 11.5 Å². The number of anilines is 2. The number of amides is 1. The summed E-state index contributed by atoms with van der Waals surface area (Å²) in [5.41, 5.74) is 3.59. The second-order valence-electron chi connectivity index (χ2n) is 6.74. The van der Waals surface area contributed by atoms with Crippen molar-refractivity contribution >= 4 is 56.4 Å². The predicted molar refractivity (Wildman–Crippen MR) is 130 cm³/mol. The van der Waals surface area contributed by atoms with Gasteiger partial charge in [-0.25, -0.2) is 0 Å². The van der Waals surface area contributed by atoms with Crippen LogP contribution in [0.15, 0.2) is 59.1 Å². The molecule has 0 aliphatic heterocycles. The lowest BCUT2D eigenvalue weighted by Crippen LogP contribution is -2.06. The summed E-state index contributed by atoms with van der Waals surface area (Å²) in [4.78, 5) is 11.1. The van der Waals surface area contributed by atoms with Gasteiger partial charge < -0.3 is 20.1 Å². The Morgan fingerprint density at radius 1 is 0.968 bits per heavy atom. The minimum Gasteiger partial charge on any atom is -0.493 e. The third kappa shape index (κ3) is 6.53.